The SMILES string of the molecule is CSCCCCNCCC(C)(C)C#N. The van der Waals surface area contributed by atoms with Gasteiger partial charge in [-0.3, -0.25) is 0 Å². The molecule has 0 radical (unpaired) electrons. The van der Waals surface area contributed by atoms with Gasteiger partial charge in [0.2, 0.25) is 0 Å². The van der Waals surface area contributed by atoms with Crippen LogP contribution in [0.3, 0.4) is 0 Å². The standard InChI is InChI=1S/C11H22N2S/c1-11(2,10-12)6-8-13-7-4-5-9-14-3/h13H,4-9H2,1-3H3. The number of thioether (sulfide) groups is 1. The Bertz CT molecular complexity index is 173. The van der Waals surface area contributed by atoms with Gasteiger partial charge in [0.05, 0.1) is 11.5 Å². The van der Waals surface area contributed by atoms with Gasteiger partial charge in [0, 0.05) is 0 Å². The average molecular weight is 214 g/mol. The molecule has 0 atom stereocenters. The van der Waals surface area contributed by atoms with Gasteiger partial charge in [-0.05, 0) is 58.2 Å². The summed E-state index contributed by atoms with van der Waals surface area (Å²) >= 11 is 1.90. The first kappa shape index (κ1) is 13.8. The largest absolute Gasteiger partial charge is 0.317 e. The van der Waals surface area contributed by atoms with Crippen molar-refractivity contribution in [3.8, 4) is 6.07 Å². The Labute approximate surface area is 92.5 Å². The van der Waals surface area contributed by atoms with E-state index in [1.165, 1.54) is 18.6 Å². The molecular weight excluding hydrogens is 192 g/mol. The molecule has 2 nitrogen and oxygen atoms in total. The van der Waals surface area contributed by atoms with Crippen molar-refractivity contribution in [3.63, 3.8) is 0 Å². The maximum absolute atomic E-state index is 8.79. The number of hydrogen-bond acceptors (Lipinski definition) is 3. The van der Waals surface area contributed by atoms with Gasteiger partial charge in [0.1, 0.15) is 0 Å². The smallest absolute Gasteiger partial charge is 0.0684 e. The zero-order valence-electron chi connectivity index (χ0n) is 9.60. The molecule has 0 amide bonds. The van der Waals surface area contributed by atoms with Gasteiger partial charge in [-0.15, -0.1) is 0 Å². The molecule has 0 fully saturated rings. The highest BCUT2D eigenvalue weighted by Gasteiger charge is 2.14. The molecule has 3 heteroatoms. The van der Waals surface area contributed by atoms with Gasteiger partial charge in [-0.25, -0.2) is 0 Å². The lowest BCUT2D eigenvalue weighted by Gasteiger charge is -2.14. The Morgan fingerprint density at radius 1 is 1.29 bits per heavy atom. The molecule has 0 aromatic rings. The quantitative estimate of drug-likeness (QED) is 0.631. The molecule has 0 aliphatic rings. The van der Waals surface area contributed by atoms with Crippen LogP contribution >= 0.6 is 11.8 Å². The summed E-state index contributed by atoms with van der Waals surface area (Å²) in [5, 5.41) is 12.2. The monoisotopic (exact) mass is 214 g/mol. The van der Waals surface area contributed by atoms with E-state index in [2.05, 4.69) is 17.6 Å². The highest BCUT2D eigenvalue weighted by Crippen LogP contribution is 2.16. The summed E-state index contributed by atoms with van der Waals surface area (Å²) in [6.45, 7) is 6.02. The Balaban J connectivity index is 3.18. The molecule has 0 heterocycles. The summed E-state index contributed by atoms with van der Waals surface area (Å²) in [6, 6.07) is 2.31. The number of nitriles is 1. The van der Waals surface area contributed by atoms with E-state index in [-0.39, 0.29) is 5.41 Å². The Morgan fingerprint density at radius 2 is 2.00 bits per heavy atom. The molecule has 0 saturated carbocycles. The highest BCUT2D eigenvalue weighted by atomic mass is 32.2. The third-order valence-corrected chi connectivity index (χ3v) is 2.88. The van der Waals surface area contributed by atoms with Crippen molar-refractivity contribution in [2.75, 3.05) is 25.1 Å². The minimum atomic E-state index is -0.174. The van der Waals surface area contributed by atoms with Crippen LogP contribution in [0.2, 0.25) is 0 Å². The summed E-state index contributed by atoms with van der Waals surface area (Å²) in [5.41, 5.74) is -0.174. The molecule has 0 saturated heterocycles. The molecule has 1 N–H and O–H groups in total. The first-order chi connectivity index (χ1) is 6.62. The zero-order valence-corrected chi connectivity index (χ0v) is 10.4. The molecule has 0 aliphatic carbocycles. The van der Waals surface area contributed by atoms with Crippen molar-refractivity contribution in [2.45, 2.75) is 33.1 Å². The Kier molecular flexibility index (Phi) is 8.02. The first-order valence-corrected chi connectivity index (χ1v) is 6.63. The molecule has 0 rings (SSSR count). The molecule has 14 heavy (non-hydrogen) atoms. The third kappa shape index (κ3) is 8.40. The average Bonchev–Trinajstić information content (AvgIpc) is 2.16. The Hall–Kier alpha value is -0.200. The van der Waals surface area contributed by atoms with E-state index in [9.17, 15) is 0 Å². The predicted octanol–water partition coefficient (Wildman–Crippen LogP) is 2.66. The number of hydrogen-bond donors (Lipinski definition) is 1. The van der Waals surface area contributed by atoms with Crippen LogP contribution in [0.5, 0.6) is 0 Å². The Morgan fingerprint density at radius 3 is 2.57 bits per heavy atom. The van der Waals surface area contributed by atoms with E-state index in [1.54, 1.807) is 0 Å². The normalized spacial score (nSPS) is 11.3. The number of rotatable bonds is 8. The van der Waals surface area contributed by atoms with Crippen molar-refractivity contribution < 1.29 is 0 Å². The van der Waals surface area contributed by atoms with E-state index in [0.717, 1.165) is 19.5 Å². The van der Waals surface area contributed by atoms with Crippen molar-refractivity contribution in [3.05, 3.63) is 0 Å². The molecule has 0 aromatic heterocycles. The van der Waals surface area contributed by atoms with Gasteiger partial charge in [-0.2, -0.15) is 17.0 Å². The third-order valence-electron chi connectivity index (χ3n) is 2.18. The van der Waals surface area contributed by atoms with Gasteiger partial charge < -0.3 is 5.32 Å². The van der Waals surface area contributed by atoms with E-state index < -0.39 is 0 Å². The van der Waals surface area contributed by atoms with E-state index in [0.29, 0.717) is 0 Å². The van der Waals surface area contributed by atoms with Crippen molar-refractivity contribution >= 4 is 11.8 Å². The summed E-state index contributed by atoms with van der Waals surface area (Å²) in [6.07, 6.45) is 5.61. The van der Waals surface area contributed by atoms with Crippen LogP contribution in [-0.4, -0.2) is 25.1 Å². The second kappa shape index (κ2) is 8.14. The number of unbranched alkanes of at least 4 members (excludes halogenated alkanes) is 1. The van der Waals surface area contributed by atoms with Crippen LogP contribution in [0.15, 0.2) is 0 Å². The van der Waals surface area contributed by atoms with Crippen molar-refractivity contribution in [1.29, 1.82) is 5.26 Å². The summed E-state index contributed by atoms with van der Waals surface area (Å²) in [7, 11) is 0. The lowest BCUT2D eigenvalue weighted by atomic mass is 9.91. The van der Waals surface area contributed by atoms with Crippen LogP contribution < -0.4 is 5.32 Å². The molecule has 0 aliphatic heterocycles. The summed E-state index contributed by atoms with van der Waals surface area (Å²) in [4.78, 5) is 0. The lowest BCUT2D eigenvalue weighted by Crippen LogP contribution is -2.22. The second-order valence-electron chi connectivity index (χ2n) is 4.20. The molecule has 0 bridgehead atoms. The maximum atomic E-state index is 8.79. The fraction of sp³-hybridized carbons (Fsp3) is 0.909. The van der Waals surface area contributed by atoms with Crippen molar-refractivity contribution in [2.24, 2.45) is 5.41 Å². The van der Waals surface area contributed by atoms with E-state index >= 15 is 0 Å². The van der Waals surface area contributed by atoms with E-state index in [4.69, 9.17) is 5.26 Å². The zero-order chi connectivity index (χ0) is 10.9. The van der Waals surface area contributed by atoms with Gasteiger partial charge in [0.15, 0.2) is 0 Å². The molecular formula is C11H22N2S. The van der Waals surface area contributed by atoms with Crippen LogP contribution in [-0.2, 0) is 0 Å². The van der Waals surface area contributed by atoms with Crippen LogP contribution in [0.1, 0.15) is 33.1 Å². The second-order valence-corrected chi connectivity index (χ2v) is 5.18. The number of nitrogens with zero attached hydrogens (tertiary/aromatic N) is 1. The minimum absolute atomic E-state index is 0.174. The minimum Gasteiger partial charge on any atom is -0.317 e. The van der Waals surface area contributed by atoms with Gasteiger partial charge in [-0.1, -0.05) is 0 Å². The van der Waals surface area contributed by atoms with Gasteiger partial charge >= 0.3 is 0 Å². The lowest BCUT2D eigenvalue weighted by molar-refractivity contribution is 0.431. The maximum Gasteiger partial charge on any atom is 0.0684 e. The predicted molar refractivity (Wildman–Crippen MR) is 64.5 cm³/mol. The molecule has 82 valence electrons. The fourth-order valence-corrected chi connectivity index (χ4v) is 1.57. The van der Waals surface area contributed by atoms with Crippen LogP contribution in [0, 0.1) is 16.7 Å². The number of nitrogens with one attached hydrogen (secondary N) is 1. The van der Waals surface area contributed by atoms with E-state index in [1.807, 2.05) is 25.6 Å². The molecule has 0 spiro atoms. The molecule has 0 unspecified atom stereocenters. The van der Waals surface area contributed by atoms with Crippen LogP contribution in [0.25, 0.3) is 0 Å². The summed E-state index contributed by atoms with van der Waals surface area (Å²) < 4.78 is 0. The van der Waals surface area contributed by atoms with Crippen molar-refractivity contribution in [1.82, 2.24) is 5.32 Å². The topological polar surface area (TPSA) is 35.8 Å². The summed E-state index contributed by atoms with van der Waals surface area (Å²) in [5.74, 6) is 1.26. The fourth-order valence-electron chi connectivity index (χ4n) is 1.08. The molecule has 0 aromatic carbocycles. The highest BCUT2D eigenvalue weighted by molar-refractivity contribution is 7.98. The van der Waals surface area contributed by atoms with Gasteiger partial charge in [0.25, 0.3) is 0 Å². The van der Waals surface area contributed by atoms with Crippen LogP contribution in [0.4, 0.5) is 0 Å². The first-order valence-electron chi connectivity index (χ1n) is 5.23.